The van der Waals surface area contributed by atoms with E-state index in [-0.39, 0.29) is 23.3 Å². The smallest absolute Gasteiger partial charge is 0.390 e. The van der Waals surface area contributed by atoms with Crippen molar-refractivity contribution >= 4 is 6.21 Å². The van der Waals surface area contributed by atoms with Crippen LogP contribution in [0.1, 0.15) is 28.7 Å². The standard InChI is InChI=1S/C16H11F5NO/c17-15(18)14-7-2-1-5-12(14)9-22-23-10-11-4-3-6-13(8-11)16(19,20)21/h1-8,15H,10H2. The lowest BCUT2D eigenvalue weighted by Crippen LogP contribution is -2.05. The van der Waals surface area contributed by atoms with E-state index in [2.05, 4.69) is 11.4 Å². The Hall–Kier alpha value is -2.44. The molecule has 7 heteroatoms. The highest BCUT2D eigenvalue weighted by atomic mass is 19.4. The summed E-state index contributed by atoms with van der Waals surface area (Å²) < 4.78 is 63.1. The van der Waals surface area contributed by atoms with Gasteiger partial charge in [-0.1, -0.05) is 41.6 Å². The van der Waals surface area contributed by atoms with E-state index in [9.17, 15) is 22.0 Å². The lowest BCUT2D eigenvalue weighted by atomic mass is 10.1. The van der Waals surface area contributed by atoms with E-state index in [4.69, 9.17) is 4.84 Å². The normalized spacial score (nSPS) is 12.1. The van der Waals surface area contributed by atoms with Gasteiger partial charge in [0.15, 0.2) is 0 Å². The maximum absolute atomic E-state index is 12.7. The summed E-state index contributed by atoms with van der Waals surface area (Å²) in [6, 6.07) is 10.2. The molecule has 0 aliphatic carbocycles. The summed E-state index contributed by atoms with van der Waals surface area (Å²) in [5.41, 5.74) is -0.729. The van der Waals surface area contributed by atoms with Crippen LogP contribution in [0.2, 0.25) is 0 Å². The van der Waals surface area contributed by atoms with Crippen molar-refractivity contribution in [1.29, 1.82) is 0 Å². The lowest BCUT2D eigenvalue weighted by Gasteiger charge is -2.08. The first-order valence-electron chi connectivity index (χ1n) is 6.49. The number of rotatable bonds is 5. The van der Waals surface area contributed by atoms with Crippen molar-refractivity contribution in [2.24, 2.45) is 5.16 Å². The molecule has 2 nitrogen and oxygen atoms in total. The van der Waals surface area contributed by atoms with Crippen LogP contribution < -0.4 is 0 Å². The predicted octanol–water partition coefficient (Wildman–Crippen LogP) is 5.07. The molecule has 2 rings (SSSR count). The van der Waals surface area contributed by atoms with Crippen molar-refractivity contribution < 1.29 is 26.8 Å². The molecule has 23 heavy (non-hydrogen) atoms. The minimum atomic E-state index is -4.44. The molecule has 0 saturated carbocycles. The molecule has 0 aliphatic heterocycles. The molecule has 0 heterocycles. The summed E-state index contributed by atoms with van der Waals surface area (Å²) in [4.78, 5) is 4.83. The van der Waals surface area contributed by atoms with Gasteiger partial charge in [0.1, 0.15) is 12.8 Å². The highest BCUT2D eigenvalue weighted by Gasteiger charge is 2.30. The van der Waals surface area contributed by atoms with Crippen molar-refractivity contribution in [1.82, 2.24) is 0 Å². The zero-order valence-electron chi connectivity index (χ0n) is 11.6. The molecule has 0 aliphatic rings. The molecule has 0 N–H and O–H groups in total. The molecule has 0 amide bonds. The van der Waals surface area contributed by atoms with Crippen molar-refractivity contribution in [2.45, 2.75) is 19.2 Å². The Bertz CT molecular complexity index is 682. The van der Waals surface area contributed by atoms with E-state index in [1.165, 1.54) is 36.4 Å². The third-order valence-electron chi connectivity index (χ3n) is 2.91. The van der Waals surface area contributed by atoms with Gasteiger partial charge in [-0.25, -0.2) is 8.78 Å². The van der Waals surface area contributed by atoms with Crippen LogP contribution in [0.3, 0.4) is 0 Å². The van der Waals surface area contributed by atoms with Gasteiger partial charge >= 0.3 is 6.18 Å². The average molecular weight is 328 g/mol. The van der Waals surface area contributed by atoms with E-state index in [1.54, 1.807) is 0 Å². The van der Waals surface area contributed by atoms with Crippen LogP contribution in [0.25, 0.3) is 0 Å². The molecule has 0 fully saturated rings. The Morgan fingerprint density at radius 1 is 1.04 bits per heavy atom. The molecular formula is C16H11F5NO. The van der Waals surface area contributed by atoms with Gasteiger partial charge in [0.2, 0.25) is 0 Å². The lowest BCUT2D eigenvalue weighted by molar-refractivity contribution is -0.137. The molecule has 0 atom stereocenters. The Morgan fingerprint density at radius 2 is 1.78 bits per heavy atom. The summed E-state index contributed by atoms with van der Waals surface area (Å²) in [7, 11) is 0. The monoisotopic (exact) mass is 328 g/mol. The molecule has 2 aromatic rings. The quantitative estimate of drug-likeness (QED) is 0.426. The first-order chi connectivity index (χ1) is 10.9. The number of benzene rings is 2. The number of nitrogens with zero attached hydrogens (tertiary/aromatic N) is 1. The highest BCUT2D eigenvalue weighted by molar-refractivity contribution is 5.81. The van der Waals surface area contributed by atoms with Gasteiger partial charge in [0.05, 0.1) is 5.56 Å². The van der Waals surface area contributed by atoms with Crippen LogP contribution in [0, 0.1) is 0 Å². The van der Waals surface area contributed by atoms with Crippen LogP contribution in [-0.4, -0.2) is 6.21 Å². The van der Waals surface area contributed by atoms with E-state index >= 15 is 0 Å². The molecule has 0 bridgehead atoms. The van der Waals surface area contributed by atoms with Crippen LogP contribution in [0.4, 0.5) is 22.0 Å². The Kier molecular flexibility index (Phi) is 5.31. The first-order valence-corrected chi connectivity index (χ1v) is 6.49. The fraction of sp³-hybridized carbons (Fsp3) is 0.188. The molecule has 1 radical (unpaired) electrons. The van der Waals surface area contributed by atoms with Gasteiger partial charge in [0, 0.05) is 11.1 Å². The number of hydrogen-bond acceptors (Lipinski definition) is 2. The minimum Gasteiger partial charge on any atom is -0.390 e. The number of halogens is 5. The predicted molar refractivity (Wildman–Crippen MR) is 74.2 cm³/mol. The van der Waals surface area contributed by atoms with Crippen molar-refractivity contribution in [2.75, 3.05) is 0 Å². The van der Waals surface area contributed by atoms with Gasteiger partial charge in [-0.2, -0.15) is 13.2 Å². The Balaban J connectivity index is 2.00. The van der Waals surface area contributed by atoms with Gasteiger partial charge in [-0.3, -0.25) is 0 Å². The summed E-state index contributed by atoms with van der Waals surface area (Å²) in [6.07, 6.45) is -4.82. The Morgan fingerprint density at radius 3 is 2.48 bits per heavy atom. The fourth-order valence-corrected chi connectivity index (χ4v) is 1.81. The highest BCUT2D eigenvalue weighted by Crippen LogP contribution is 2.29. The SMILES string of the molecule is FC(F)c1ccccc1/[C]=N\OCc1cccc(C(F)(F)F)c1. The van der Waals surface area contributed by atoms with Crippen LogP contribution >= 0.6 is 0 Å². The summed E-state index contributed by atoms with van der Waals surface area (Å²) in [5, 5.41) is 3.41. The zero-order chi connectivity index (χ0) is 16.9. The van der Waals surface area contributed by atoms with Crippen molar-refractivity contribution in [3.8, 4) is 0 Å². The Labute approximate surface area is 129 Å². The molecule has 0 saturated heterocycles. The maximum atomic E-state index is 12.7. The molecule has 0 spiro atoms. The molecule has 0 unspecified atom stereocenters. The molecule has 0 aromatic heterocycles. The number of alkyl halides is 5. The van der Waals surface area contributed by atoms with E-state index < -0.39 is 18.2 Å². The third kappa shape index (κ3) is 4.77. The maximum Gasteiger partial charge on any atom is 0.416 e. The largest absolute Gasteiger partial charge is 0.416 e. The van der Waals surface area contributed by atoms with Crippen LogP contribution in [0.5, 0.6) is 0 Å². The van der Waals surface area contributed by atoms with Crippen molar-refractivity contribution in [3.63, 3.8) is 0 Å². The molecular weight excluding hydrogens is 317 g/mol. The average Bonchev–Trinajstić information content (AvgIpc) is 2.51. The third-order valence-corrected chi connectivity index (χ3v) is 2.91. The second-order valence-corrected chi connectivity index (χ2v) is 4.56. The van der Waals surface area contributed by atoms with Crippen LogP contribution in [0.15, 0.2) is 53.7 Å². The molecule has 2 aromatic carbocycles. The summed E-state index contributed by atoms with van der Waals surface area (Å²) >= 11 is 0. The molecule has 121 valence electrons. The van der Waals surface area contributed by atoms with E-state index in [1.807, 2.05) is 0 Å². The van der Waals surface area contributed by atoms with Gasteiger partial charge in [-0.05, 0) is 17.7 Å². The minimum absolute atomic E-state index is 0.0616. The second-order valence-electron chi connectivity index (χ2n) is 4.56. The van der Waals surface area contributed by atoms with E-state index in [0.717, 1.165) is 12.1 Å². The van der Waals surface area contributed by atoms with Crippen LogP contribution in [-0.2, 0) is 17.6 Å². The second kappa shape index (κ2) is 7.21. The van der Waals surface area contributed by atoms with Crippen molar-refractivity contribution in [3.05, 3.63) is 70.8 Å². The van der Waals surface area contributed by atoms with Gasteiger partial charge in [-0.15, -0.1) is 0 Å². The number of hydrogen-bond donors (Lipinski definition) is 0. The fourth-order valence-electron chi connectivity index (χ4n) is 1.81. The zero-order valence-corrected chi connectivity index (χ0v) is 11.6. The topological polar surface area (TPSA) is 21.6 Å². The van der Waals surface area contributed by atoms with Gasteiger partial charge in [0.25, 0.3) is 6.43 Å². The van der Waals surface area contributed by atoms with E-state index in [0.29, 0.717) is 0 Å². The first kappa shape index (κ1) is 16.9. The summed E-state index contributed by atoms with van der Waals surface area (Å²) in [5.74, 6) is 0. The summed E-state index contributed by atoms with van der Waals surface area (Å²) in [6.45, 7) is -0.228. The van der Waals surface area contributed by atoms with Gasteiger partial charge < -0.3 is 4.84 Å².